The first-order chi connectivity index (χ1) is 11.3. The monoisotopic (exact) mass is 308 g/mol. The van der Waals surface area contributed by atoms with E-state index in [1.807, 2.05) is 36.4 Å². The lowest BCUT2D eigenvalue weighted by atomic mass is 10.3. The first-order valence-corrected chi connectivity index (χ1v) is 7.43. The standard InChI is InChI=1S/C18H17FN4/c1-2-23(16-6-4-3-5-7-16)18-12-17(20-13-21-18)22-15-10-8-14(19)9-11-15/h3-13H,2H2,1H3,(H,20,21,22). The molecule has 0 amide bonds. The lowest BCUT2D eigenvalue weighted by molar-refractivity contribution is 0.628. The highest BCUT2D eigenvalue weighted by molar-refractivity contribution is 5.64. The molecule has 1 aromatic heterocycles. The molecule has 0 bridgehead atoms. The Morgan fingerprint density at radius 2 is 1.74 bits per heavy atom. The molecule has 0 radical (unpaired) electrons. The van der Waals surface area contributed by atoms with E-state index in [1.54, 1.807) is 12.1 Å². The summed E-state index contributed by atoms with van der Waals surface area (Å²) < 4.78 is 13.0. The summed E-state index contributed by atoms with van der Waals surface area (Å²) in [6.45, 7) is 2.86. The van der Waals surface area contributed by atoms with Gasteiger partial charge in [0.2, 0.25) is 0 Å². The van der Waals surface area contributed by atoms with Crippen molar-refractivity contribution in [2.45, 2.75) is 6.92 Å². The number of benzene rings is 2. The topological polar surface area (TPSA) is 41.0 Å². The highest BCUT2D eigenvalue weighted by Crippen LogP contribution is 2.25. The van der Waals surface area contributed by atoms with Crippen molar-refractivity contribution >= 4 is 23.0 Å². The average molecular weight is 308 g/mol. The van der Waals surface area contributed by atoms with Crippen molar-refractivity contribution in [3.8, 4) is 0 Å². The lowest BCUT2D eigenvalue weighted by Crippen LogP contribution is -2.17. The molecule has 0 fully saturated rings. The van der Waals surface area contributed by atoms with Crippen LogP contribution in [-0.2, 0) is 0 Å². The normalized spacial score (nSPS) is 10.3. The Hall–Kier alpha value is -2.95. The summed E-state index contributed by atoms with van der Waals surface area (Å²) in [5.41, 5.74) is 1.85. The van der Waals surface area contributed by atoms with Crippen LogP contribution in [0.25, 0.3) is 0 Å². The van der Waals surface area contributed by atoms with Gasteiger partial charge in [0.25, 0.3) is 0 Å². The molecule has 0 saturated heterocycles. The molecule has 116 valence electrons. The Kier molecular flexibility index (Phi) is 4.47. The van der Waals surface area contributed by atoms with Gasteiger partial charge >= 0.3 is 0 Å². The number of nitrogens with one attached hydrogen (secondary N) is 1. The van der Waals surface area contributed by atoms with Crippen LogP contribution in [0.2, 0.25) is 0 Å². The largest absolute Gasteiger partial charge is 0.340 e. The van der Waals surface area contributed by atoms with Crippen molar-refractivity contribution in [1.82, 2.24) is 9.97 Å². The molecular weight excluding hydrogens is 291 g/mol. The Balaban J connectivity index is 1.85. The third-order valence-electron chi connectivity index (χ3n) is 3.43. The highest BCUT2D eigenvalue weighted by Gasteiger charge is 2.09. The second kappa shape index (κ2) is 6.87. The zero-order valence-corrected chi connectivity index (χ0v) is 12.8. The molecule has 0 aliphatic heterocycles. The minimum atomic E-state index is -0.264. The summed E-state index contributed by atoms with van der Waals surface area (Å²) in [5, 5.41) is 3.16. The molecule has 23 heavy (non-hydrogen) atoms. The first-order valence-electron chi connectivity index (χ1n) is 7.43. The number of nitrogens with zero attached hydrogens (tertiary/aromatic N) is 3. The van der Waals surface area contributed by atoms with Crippen molar-refractivity contribution in [3.63, 3.8) is 0 Å². The third-order valence-corrected chi connectivity index (χ3v) is 3.43. The van der Waals surface area contributed by atoms with Crippen LogP contribution in [0.5, 0.6) is 0 Å². The summed E-state index contributed by atoms with van der Waals surface area (Å²) in [6.07, 6.45) is 1.52. The summed E-state index contributed by atoms with van der Waals surface area (Å²) in [7, 11) is 0. The van der Waals surface area contributed by atoms with E-state index in [0.29, 0.717) is 5.82 Å². The van der Waals surface area contributed by atoms with Crippen molar-refractivity contribution in [1.29, 1.82) is 0 Å². The van der Waals surface area contributed by atoms with E-state index >= 15 is 0 Å². The molecule has 3 aromatic rings. The Bertz CT molecular complexity index is 759. The van der Waals surface area contributed by atoms with E-state index in [4.69, 9.17) is 0 Å². The van der Waals surface area contributed by atoms with Crippen LogP contribution in [0.15, 0.2) is 67.0 Å². The van der Waals surface area contributed by atoms with Gasteiger partial charge in [0.05, 0.1) is 0 Å². The Morgan fingerprint density at radius 1 is 1.00 bits per heavy atom. The predicted octanol–water partition coefficient (Wildman–Crippen LogP) is 4.52. The van der Waals surface area contributed by atoms with E-state index in [0.717, 1.165) is 23.7 Å². The molecular formula is C18H17FN4. The number of halogens is 1. The fraction of sp³-hybridized carbons (Fsp3) is 0.111. The van der Waals surface area contributed by atoms with Crippen LogP contribution in [0.4, 0.5) is 27.4 Å². The van der Waals surface area contributed by atoms with Gasteiger partial charge in [0, 0.05) is 24.0 Å². The molecule has 0 unspecified atom stereocenters. The van der Waals surface area contributed by atoms with Crippen LogP contribution in [0.1, 0.15) is 6.92 Å². The number of rotatable bonds is 5. The summed E-state index contributed by atoms with van der Waals surface area (Å²) in [6, 6.07) is 18.1. The van der Waals surface area contributed by atoms with E-state index in [9.17, 15) is 4.39 Å². The predicted molar refractivity (Wildman–Crippen MR) is 90.8 cm³/mol. The molecule has 1 heterocycles. The number of anilines is 4. The fourth-order valence-corrected chi connectivity index (χ4v) is 2.33. The molecule has 0 saturated carbocycles. The maximum Gasteiger partial charge on any atom is 0.138 e. The van der Waals surface area contributed by atoms with Crippen molar-refractivity contribution in [3.05, 3.63) is 72.8 Å². The molecule has 0 aliphatic carbocycles. The molecule has 4 nitrogen and oxygen atoms in total. The van der Waals surface area contributed by atoms with E-state index < -0.39 is 0 Å². The van der Waals surface area contributed by atoms with E-state index in [-0.39, 0.29) is 5.82 Å². The van der Waals surface area contributed by atoms with Crippen LogP contribution in [0.3, 0.4) is 0 Å². The molecule has 1 N–H and O–H groups in total. The molecule has 0 spiro atoms. The maximum atomic E-state index is 13.0. The minimum Gasteiger partial charge on any atom is -0.340 e. The summed E-state index contributed by atoms with van der Waals surface area (Å²) in [5.74, 6) is 1.20. The minimum absolute atomic E-state index is 0.264. The zero-order valence-electron chi connectivity index (χ0n) is 12.8. The zero-order chi connectivity index (χ0) is 16.1. The maximum absolute atomic E-state index is 13.0. The van der Waals surface area contributed by atoms with Gasteiger partial charge in [-0.05, 0) is 43.3 Å². The van der Waals surface area contributed by atoms with Gasteiger partial charge in [-0.25, -0.2) is 14.4 Å². The molecule has 0 aliphatic rings. The van der Waals surface area contributed by atoms with E-state index in [2.05, 4.69) is 27.1 Å². The SMILES string of the molecule is CCN(c1ccccc1)c1cc(Nc2ccc(F)cc2)ncn1. The molecule has 0 atom stereocenters. The second-order valence-corrected chi connectivity index (χ2v) is 4.97. The number of hydrogen-bond donors (Lipinski definition) is 1. The Labute approximate surface area is 134 Å². The molecule has 5 heteroatoms. The van der Waals surface area contributed by atoms with Crippen LogP contribution < -0.4 is 10.2 Å². The highest BCUT2D eigenvalue weighted by atomic mass is 19.1. The third kappa shape index (κ3) is 3.63. The van der Waals surface area contributed by atoms with Gasteiger partial charge in [0.15, 0.2) is 0 Å². The molecule has 3 rings (SSSR count). The number of hydrogen-bond acceptors (Lipinski definition) is 4. The van der Waals surface area contributed by atoms with Gasteiger partial charge in [0.1, 0.15) is 23.8 Å². The van der Waals surface area contributed by atoms with Gasteiger partial charge in [-0.3, -0.25) is 0 Å². The van der Waals surface area contributed by atoms with Crippen LogP contribution in [-0.4, -0.2) is 16.5 Å². The van der Waals surface area contributed by atoms with Crippen LogP contribution in [0, 0.1) is 5.82 Å². The van der Waals surface area contributed by atoms with Crippen molar-refractivity contribution in [2.75, 3.05) is 16.8 Å². The summed E-state index contributed by atoms with van der Waals surface area (Å²) in [4.78, 5) is 10.7. The average Bonchev–Trinajstić information content (AvgIpc) is 2.59. The van der Waals surface area contributed by atoms with Crippen LogP contribution >= 0.6 is 0 Å². The fourth-order valence-electron chi connectivity index (χ4n) is 2.33. The van der Waals surface area contributed by atoms with Crippen molar-refractivity contribution < 1.29 is 4.39 Å². The van der Waals surface area contributed by atoms with Crippen molar-refractivity contribution in [2.24, 2.45) is 0 Å². The quantitative estimate of drug-likeness (QED) is 0.752. The van der Waals surface area contributed by atoms with Gasteiger partial charge in [-0.15, -0.1) is 0 Å². The van der Waals surface area contributed by atoms with Gasteiger partial charge in [-0.1, -0.05) is 18.2 Å². The first kappa shape index (κ1) is 15.0. The second-order valence-electron chi connectivity index (χ2n) is 4.97. The number of aromatic nitrogens is 2. The lowest BCUT2D eigenvalue weighted by Gasteiger charge is -2.22. The smallest absolute Gasteiger partial charge is 0.138 e. The molecule has 2 aromatic carbocycles. The Morgan fingerprint density at radius 3 is 2.43 bits per heavy atom. The van der Waals surface area contributed by atoms with Gasteiger partial charge < -0.3 is 10.2 Å². The number of para-hydroxylation sites is 1. The van der Waals surface area contributed by atoms with E-state index in [1.165, 1.54) is 18.5 Å². The summed E-state index contributed by atoms with van der Waals surface area (Å²) >= 11 is 0. The van der Waals surface area contributed by atoms with Gasteiger partial charge in [-0.2, -0.15) is 0 Å².